The van der Waals surface area contributed by atoms with Gasteiger partial charge in [0, 0.05) is 12.6 Å². The highest BCUT2D eigenvalue weighted by Crippen LogP contribution is 2.24. The van der Waals surface area contributed by atoms with Gasteiger partial charge < -0.3 is 19.2 Å². The highest BCUT2D eigenvalue weighted by Gasteiger charge is 2.20. The molecule has 21 heavy (non-hydrogen) atoms. The van der Waals surface area contributed by atoms with E-state index >= 15 is 0 Å². The van der Waals surface area contributed by atoms with Crippen LogP contribution in [0.4, 0.5) is 0 Å². The Labute approximate surface area is 124 Å². The Hall–Kier alpha value is -2.01. The highest BCUT2D eigenvalue weighted by molar-refractivity contribution is 5.32. The zero-order valence-electron chi connectivity index (χ0n) is 12.2. The molecule has 1 heterocycles. The van der Waals surface area contributed by atoms with E-state index in [9.17, 15) is 0 Å². The minimum absolute atomic E-state index is 0.268. The molecule has 1 N–H and O–H groups in total. The first kappa shape index (κ1) is 13.9. The average Bonchev–Trinajstić information content (AvgIpc) is 3.24. The van der Waals surface area contributed by atoms with E-state index in [2.05, 4.69) is 17.2 Å². The molecule has 112 valence electrons. The second-order valence-corrected chi connectivity index (χ2v) is 5.18. The van der Waals surface area contributed by atoms with Crippen molar-refractivity contribution in [3.8, 4) is 17.6 Å². The van der Waals surface area contributed by atoms with E-state index in [1.165, 1.54) is 12.8 Å². The molecule has 0 spiro atoms. The minimum atomic E-state index is 0.268. The average molecular weight is 288 g/mol. The normalized spacial score (nSPS) is 14.1. The molecule has 0 bridgehead atoms. The van der Waals surface area contributed by atoms with E-state index in [0.717, 1.165) is 31.0 Å². The van der Waals surface area contributed by atoms with Gasteiger partial charge in [-0.3, -0.25) is 0 Å². The molecule has 1 aliphatic carbocycles. The first-order valence-corrected chi connectivity index (χ1v) is 7.42. The van der Waals surface area contributed by atoms with Crippen LogP contribution in [0.15, 0.2) is 34.9 Å². The quantitative estimate of drug-likeness (QED) is 0.805. The van der Waals surface area contributed by atoms with Gasteiger partial charge in [0.15, 0.2) is 0 Å². The molecular weight excluding hydrogens is 268 g/mol. The molecule has 1 aromatic carbocycles. The topological polar surface area (TPSA) is 56.5 Å². The minimum Gasteiger partial charge on any atom is -0.494 e. The van der Waals surface area contributed by atoms with Gasteiger partial charge in [0.25, 0.3) is 0 Å². The predicted octanol–water partition coefficient (Wildman–Crippen LogP) is 3.51. The molecule has 1 saturated carbocycles. The Balaban J connectivity index is 1.52. The Morgan fingerprint density at radius 1 is 1.24 bits per heavy atom. The summed E-state index contributed by atoms with van der Waals surface area (Å²) < 4.78 is 16.4. The molecule has 1 aromatic heterocycles. The molecule has 2 aromatic rings. The predicted molar refractivity (Wildman–Crippen MR) is 78.7 cm³/mol. The van der Waals surface area contributed by atoms with Crippen molar-refractivity contribution in [2.75, 3.05) is 6.61 Å². The summed E-state index contributed by atoms with van der Waals surface area (Å²) in [6.07, 6.45) is 5.40. The Morgan fingerprint density at radius 2 is 2.00 bits per heavy atom. The summed E-state index contributed by atoms with van der Waals surface area (Å²) in [6, 6.07) is 8.10. The zero-order chi connectivity index (χ0) is 14.5. The van der Waals surface area contributed by atoms with E-state index in [0.29, 0.717) is 11.8 Å². The van der Waals surface area contributed by atoms with Crippen LogP contribution in [-0.2, 0) is 6.54 Å². The number of hydrogen-bond donors (Lipinski definition) is 1. The number of nitrogens with zero attached hydrogens (tertiary/aromatic N) is 1. The summed E-state index contributed by atoms with van der Waals surface area (Å²) in [7, 11) is 0. The first-order valence-electron chi connectivity index (χ1n) is 7.42. The molecule has 0 atom stereocenters. The number of aromatic nitrogens is 1. The fourth-order valence-corrected chi connectivity index (χ4v) is 1.88. The number of rotatable bonds is 8. The van der Waals surface area contributed by atoms with Crippen LogP contribution in [0, 0.1) is 0 Å². The third-order valence-electron chi connectivity index (χ3n) is 3.18. The Bertz CT molecular complexity index is 561. The molecule has 0 unspecified atom stereocenters. The molecule has 5 nitrogen and oxygen atoms in total. The Morgan fingerprint density at radius 3 is 2.71 bits per heavy atom. The summed E-state index contributed by atoms with van der Waals surface area (Å²) in [5.41, 5.74) is 0.861. The largest absolute Gasteiger partial charge is 0.494 e. The lowest BCUT2D eigenvalue weighted by molar-refractivity contribution is 0.314. The van der Waals surface area contributed by atoms with E-state index < -0.39 is 0 Å². The fourth-order valence-electron chi connectivity index (χ4n) is 1.88. The molecule has 0 radical (unpaired) electrons. The maximum atomic E-state index is 5.58. The summed E-state index contributed by atoms with van der Waals surface area (Å²) in [6.45, 7) is 3.52. The summed E-state index contributed by atoms with van der Waals surface area (Å²) in [5.74, 6) is 1.52. The van der Waals surface area contributed by atoms with E-state index in [-0.39, 0.29) is 6.08 Å². The molecular formula is C16H20N2O3. The van der Waals surface area contributed by atoms with Crippen LogP contribution in [0.25, 0.3) is 0 Å². The van der Waals surface area contributed by atoms with Gasteiger partial charge in [-0.25, -0.2) is 0 Å². The van der Waals surface area contributed by atoms with Crippen molar-refractivity contribution in [2.45, 2.75) is 38.8 Å². The molecule has 0 saturated heterocycles. The van der Waals surface area contributed by atoms with E-state index in [4.69, 9.17) is 13.9 Å². The van der Waals surface area contributed by atoms with Gasteiger partial charge in [0.1, 0.15) is 17.8 Å². The monoisotopic (exact) mass is 288 g/mol. The van der Waals surface area contributed by atoms with E-state index in [1.54, 1.807) is 6.26 Å². The SMILES string of the molecule is CCCOc1ccc(Oc2nc(CNC3CC3)co2)cc1. The number of nitrogens with one attached hydrogen (secondary N) is 1. The van der Waals surface area contributed by atoms with Gasteiger partial charge in [0.2, 0.25) is 0 Å². The molecule has 1 aliphatic rings. The number of hydrogen-bond acceptors (Lipinski definition) is 5. The number of oxazole rings is 1. The number of benzene rings is 1. The van der Waals surface area contributed by atoms with Crippen LogP contribution in [0.5, 0.6) is 17.6 Å². The molecule has 0 amide bonds. The second-order valence-electron chi connectivity index (χ2n) is 5.18. The van der Waals surface area contributed by atoms with Gasteiger partial charge in [0.05, 0.1) is 12.3 Å². The maximum absolute atomic E-state index is 5.58. The molecule has 5 heteroatoms. The van der Waals surface area contributed by atoms with Crippen LogP contribution in [-0.4, -0.2) is 17.6 Å². The van der Waals surface area contributed by atoms with Gasteiger partial charge in [-0.2, -0.15) is 4.98 Å². The third kappa shape index (κ3) is 4.23. The smallest absolute Gasteiger partial charge is 0.399 e. The first-order chi connectivity index (χ1) is 10.3. The van der Waals surface area contributed by atoms with Crippen molar-refractivity contribution < 1.29 is 13.9 Å². The summed E-state index contributed by atoms with van der Waals surface area (Å²) in [5, 5.41) is 3.38. The lowest BCUT2D eigenvalue weighted by atomic mass is 10.3. The zero-order valence-corrected chi connectivity index (χ0v) is 12.2. The third-order valence-corrected chi connectivity index (χ3v) is 3.18. The number of ether oxygens (including phenoxy) is 2. The van der Waals surface area contributed by atoms with Crippen LogP contribution in [0.1, 0.15) is 31.9 Å². The van der Waals surface area contributed by atoms with Crippen LogP contribution >= 0.6 is 0 Å². The van der Waals surface area contributed by atoms with Crippen LogP contribution in [0.3, 0.4) is 0 Å². The lowest BCUT2D eigenvalue weighted by Gasteiger charge is -2.05. The summed E-state index contributed by atoms with van der Waals surface area (Å²) >= 11 is 0. The van der Waals surface area contributed by atoms with Crippen molar-refractivity contribution in [1.29, 1.82) is 0 Å². The molecule has 1 fully saturated rings. The fraction of sp³-hybridized carbons (Fsp3) is 0.438. The molecule has 0 aliphatic heterocycles. The van der Waals surface area contributed by atoms with Crippen molar-refractivity contribution >= 4 is 0 Å². The van der Waals surface area contributed by atoms with Gasteiger partial charge in [-0.15, -0.1) is 0 Å². The van der Waals surface area contributed by atoms with Crippen molar-refractivity contribution in [2.24, 2.45) is 0 Å². The highest BCUT2D eigenvalue weighted by atomic mass is 16.6. The van der Waals surface area contributed by atoms with Crippen molar-refractivity contribution in [1.82, 2.24) is 10.3 Å². The van der Waals surface area contributed by atoms with Gasteiger partial charge in [-0.05, 0) is 43.5 Å². The second kappa shape index (κ2) is 6.63. The lowest BCUT2D eigenvalue weighted by Crippen LogP contribution is -2.15. The standard InChI is InChI=1S/C16H20N2O3/c1-2-9-19-14-5-7-15(8-6-14)21-16-18-13(11-20-16)10-17-12-3-4-12/h5-8,11-12,17H,2-4,9-10H2,1H3. The van der Waals surface area contributed by atoms with Crippen molar-refractivity contribution in [3.05, 3.63) is 36.2 Å². The van der Waals surface area contributed by atoms with Crippen LogP contribution < -0.4 is 14.8 Å². The summed E-state index contributed by atoms with van der Waals surface area (Å²) in [4.78, 5) is 4.29. The van der Waals surface area contributed by atoms with Gasteiger partial charge in [-0.1, -0.05) is 6.92 Å². The van der Waals surface area contributed by atoms with Gasteiger partial charge >= 0.3 is 6.08 Å². The Kier molecular flexibility index (Phi) is 4.40. The van der Waals surface area contributed by atoms with E-state index in [1.807, 2.05) is 24.3 Å². The maximum Gasteiger partial charge on any atom is 0.399 e. The van der Waals surface area contributed by atoms with Crippen LogP contribution in [0.2, 0.25) is 0 Å². The van der Waals surface area contributed by atoms with Crippen molar-refractivity contribution in [3.63, 3.8) is 0 Å². The molecule has 3 rings (SSSR count).